The third kappa shape index (κ3) is 5.61. The normalized spacial score (nSPS) is 12.7. The zero-order valence-electron chi connectivity index (χ0n) is 12.2. The Bertz CT molecular complexity index is 339. The van der Waals surface area contributed by atoms with Crippen LogP contribution in [0.5, 0.6) is 0 Å². The summed E-state index contributed by atoms with van der Waals surface area (Å²) in [6, 6.07) is 4.18. The molecule has 0 saturated carbocycles. The van der Waals surface area contributed by atoms with Crippen molar-refractivity contribution in [2.24, 2.45) is 5.73 Å². The van der Waals surface area contributed by atoms with Gasteiger partial charge in [0, 0.05) is 29.9 Å². The number of hydrogen-bond acceptors (Lipinski definition) is 3. The lowest BCUT2D eigenvalue weighted by atomic mass is 9.85. The molecular formula is C15H27N3. The lowest BCUT2D eigenvalue weighted by molar-refractivity contribution is 0.424. The maximum atomic E-state index is 5.96. The minimum absolute atomic E-state index is 0.0533. The summed E-state index contributed by atoms with van der Waals surface area (Å²) in [5.74, 6) is 0. The van der Waals surface area contributed by atoms with Gasteiger partial charge in [-0.2, -0.15) is 0 Å². The quantitative estimate of drug-likeness (QED) is 0.730. The van der Waals surface area contributed by atoms with Crippen molar-refractivity contribution < 1.29 is 0 Å². The molecule has 0 fully saturated rings. The van der Waals surface area contributed by atoms with Crippen molar-refractivity contribution in [3.63, 3.8) is 0 Å². The van der Waals surface area contributed by atoms with E-state index >= 15 is 0 Å². The van der Waals surface area contributed by atoms with Crippen molar-refractivity contribution in [3.05, 3.63) is 30.1 Å². The molecule has 1 rings (SSSR count). The number of hydrogen-bond donors (Lipinski definition) is 2. The van der Waals surface area contributed by atoms with Gasteiger partial charge in [0.15, 0.2) is 0 Å². The van der Waals surface area contributed by atoms with Crippen molar-refractivity contribution >= 4 is 0 Å². The number of pyridine rings is 1. The predicted molar refractivity (Wildman–Crippen MR) is 77.6 cm³/mol. The van der Waals surface area contributed by atoms with Crippen LogP contribution in [0.25, 0.3) is 0 Å². The monoisotopic (exact) mass is 249 g/mol. The first-order valence-corrected chi connectivity index (χ1v) is 6.71. The van der Waals surface area contributed by atoms with Crippen LogP contribution in [-0.4, -0.2) is 23.6 Å². The van der Waals surface area contributed by atoms with Crippen LogP contribution >= 0.6 is 0 Å². The molecule has 3 N–H and O–H groups in total. The molecule has 0 saturated heterocycles. The topological polar surface area (TPSA) is 50.9 Å². The van der Waals surface area contributed by atoms with E-state index in [1.807, 2.05) is 12.4 Å². The molecule has 0 spiro atoms. The fourth-order valence-corrected chi connectivity index (χ4v) is 1.98. The smallest absolute Gasteiger partial charge is 0.0270 e. The van der Waals surface area contributed by atoms with Crippen LogP contribution in [0.4, 0.5) is 0 Å². The molecule has 1 heterocycles. The number of nitrogens with one attached hydrogen (secondary N) is 1. The molecule has 3 nitrogen and oxygen atoms in total. The molecule has 0 aliphatic heterocycles. The zero-order chi connectivity index (χ0) is 13.6. The van der Waals surface area contributed by atoms with Crippen LogP contribution < -0.4 is 11.1 Å². The molecule has 18 heavy (non-hydrogen) atoms. The summed E-state index contributed by atoms with van der Waals surface area (Å²) in [7, 11) is 0. The first-order valence-electron chi connectivity index (χ1n) is 6.71. The Kier molecular flexibility index (Phi) is 5.29. The van der Waals surface area contributed by atoms with Crippen LogP contribution in [0, 0.1) is 0 Å². The van der Waals surface area contributed by atoms with Gasteiger partial charge in [-0.25, -0.2) is 0 Å². The number of rotatable bonds is 7. The first-order chi connectivity index (χ1) is 8.31. The summed E-state index contributed by atoms with van der Waals surface area (Å²) < 4.78 is 0. The fourth-order valence-electron chi connectivity index (χ4n) is 1.98. The molecule has 0 aliphatic carbocycles. The SMILES string of the molecule is CC(C)(N)CCCNCC(C)(C)c1ccncc1. The summed E-state index contributed by atoms with van der Waals surface area (Å²) in [5.41, 5.74) is 7.37. The molecule has 0 amide bonds. The molecule has 0 aliphatic rings. The highest BCUT2D eigenvalue weighted by atomic mass is 14.9. The Hall–Kier alpha value is -0.930. The van der Waals surface area contributed by atoms with Gasteiger partial charge >= 0.3 is 0 Å². The first kappa shape index (κ1) is 15.1. The lowest BCUT2D eigenvalue weighted by Crippen LogP contribution is -2.36. The Morgan fingerprint density at radius 2 is 1.78 bits per heavy atom. The van der Waals surface area contributed by atoms with Crippen molar-refractivity contribution in [2.45, 2.75) is 51.5 Å². The number of nitrogens with zero attached hydrogens (tertiary/aromatic N) is 1. The van der Waals surface area contributed by atoms with Gasteiger partial charge in [0.25, 0.3) is 0 Å². The summed E-state index contributed by atoms with van der Waals surface area (Å²) in [6.45, 7) is 10.7. The summed E-state index contributed by atoms with van der Waals surface area (Å²) >= 11 is 0. The maximum Gasteiger partial charge on any atom is 0.0270 e. The van der Waals surface area contributed by atoms with Gasteiger partial charge in [-0.15, -0.1) is 0 Å². The lowest BCUT2D eigenvalue weighted by Gasteiger charge is -2.26. The predicted octanol–water partition coefficient (Wildman–Crippen LogP) is 2.47. The van der Waals surface area contributed by atoms with Gasteiger partial charge in [-0.1, -0.05) is 13.8 Å². The van der Waals surface area contributed by atoms with Crippen molar-refractivity contribution in [2.75, 3.05) is 13.1 Å². The van der Waals surface area contributed by atoms with Crippen LogP contribution in [0.2, 0.25) is 0 Å². The van der Waals surface area contributed by atoms with E-state index in [-0.39, 0.29) is 11.0 Å². The van der Waals surface area contributed by atoms with Crippen LogP contribution in [-0.2, 0) is 5.41 Å². The largest absolute Gasteiger partial charge is 0.326 e. The van der Waals surface area contributed by atoms with E-state index < -0.39 is 0 Å². The maximum absolute atomic E-state index is 5.96. The van der Waals surface area contributed by atoms with E-state index in [0.29, 0.717) is 0 Å². The third-order valence-electron chi connectivity index (χ3n) is 3.20. The van der Waals surface area contributed by atoms with E-state index in [1.54, 1.807) is 0 Å². The average Bonchev–Trinajstić information content (AvgIpc) is 2.28. The van der Waals surface area contributed by atoms with E-state index in [1.165, 1.54) is 5.56 Å². The highest BCUT2D eigenvalue weighted by Crippen LogP contribution is 2.21. The van der Waals surface area contributed by atoms with Gasteiger partial charge in [0.05, 0.1) is 0 Å². The number of aromatic nitrogens is 1. The molecule has 102 valence electrons. The highest BCUT2D eigenvalue weighted by molar-refractivity contribution is 5.20. The van der Waals surface area contributed by atoms with Crippen molar-refractivity contribution in [1.29, 1.82) is 0 Å². The van der Waals surface area contributed by atoms with E-state index in [4.69, 9.17) is 5.73 Å². The van der Waals surface area contributed by atoms with Gasteiger partial charge in [-0.05, 0) is 50.9 Å². The standard InChI is InChI=1S/C15H27N3/c1-14(2,13-6-10-17-11-7-13)12-18-9-5-8-15(3,4)16/h6-7,10-11,18H,5,8-9,12,16H2,1-4H3. The zero-order valence-corrected chi connectivity index (χ0v) is 12.2. The van der Waals surface area contributed by atoms with Gasteiger partial charge in [0.2, 0.25) is 0 Å². The number of nitrogens with two attached hydrogens (primary N) is 1. The second kappa shape index (κ2) is 6.30. The van der Waals surface area contributed by atoms with Crippen LogP contribution in [0.15, 0.2) is 24.5 Å². The molecule has 0 aromatic carbocycles. The van der Waals surface area contributed by atoms with Crippen molar-refractivity contribution in [1.82, 2.24) is 10.3 Å². The Labute approximate surface area is 111 Å². The average molecular weight is 249 g/mol. The van der Waals surface area contributed by atoms with E-state index in [9.17, 15) is 0 Å². The summed E-state index contributed by atoms with van der Waals surface area (Å²) in [4.78, 5) is 4.06. The Morgan fingerprint density at radius 1 is 1.17 bits per heavy atom. The van der Waals surface area contributed by atoms with Gasteiger partial charge < -0.3 is 11.1 Å². The summed E-state index contributed by atoms with van der Waals surface area (Å²) in [5, 5.41) is 3.52. The molecular weight excluding hydrogens is 222 g/mol. The highest BCUT2D eigenvalue weighted by Gasteiger charge is 2.19. The Balaban J connectivity index is 2.30. The molecule has 1 aromatic heterocycles. The Morgan fingerprint density at radius 3 is 2.33 bits per heavy atom. The van der Waals surface area contributed by atoms with Crippen LogP contribution in [0.1, 0.15) is 46.1 Å². The molecule has 0 atom stereocenters. The van der Waals surface area contributed by atoms with E-state index in [2.05, 4.69) is 50.1 Å². The second-order valence-corrected chi connectivity index (χ2v) is 6.39. The molecule has 0 bridgehead atoms. The minimum Gasteiger partial charge on any atom is -0.326 e. The fraction of sp³-hybridized carbons (Fsp3) is 0.667. The minimum atomic E-state index is -0.0533. The molecule has 3 heteroatoms. The van der Waals surface area contributed by atoms with Gasteiger partial charge in [0.1, 0.15) is 0 Å². The van der Waals surface area contributed by atoms with E-state index in [0.717, 1.165) is 25.9 Å². The molecule has 0 radical (unpaired) electrons. The third-order valence-corrected chi connectivity index (χ3v) is 3.20. The van der Waals surface area contributed by atoms with Crippen molar-refractivity contribution in [3.8, 4) is 0 Å². The second-order valence-electron chi connectivity index (χ2n) is 6.39. The van der Waals surface area contributed by atoms with Crippen LogP contribution in [0.3, 0.4) is 0 Å². The summed E-state index contributed by atoms with van der Waals surface area (Å²) in [6.07, 6.45) is 5.88. The van der Waals surface area contributed by atoms with Gasteiger partial charge in [-0.3, -0.25) is 4.98 Å². The molecule has 1 aromatic rings. The molecule has 0 unspecified atom stereocenters.